The number of rotatable bonds is 5. The minimum absolute atomic E-state index is 0. The van der Waals surface area contributed by atoms with Crippen molar-refractivity contribution < 1.29 is 9.84 Å². The predicted molar refractivity (Wildman–Crippen MR) is 130 cm³/mol. The van der Waals surface area contributed by atoms with Gasteiger partial charge in [-0.3, -0.25) is 0 Å². The van der Waals surface area contributed by atoms with Gasteiger partial charge >= 0.3 is 0 Å². The maximum absolute atomic E-state index is 11.7. The number of piperazine rings is 1. The van der Waals surface area contributed by atoms with Crippen molar-refractivity contribution in [1.82, 2.24) is 9.80 Å². The molecule has 1 N–H and O–H groups in total. The van der Waals surface area contributed by atoms with E-state index in [0.717, 1.165) is 64.2 Å². The van der Waals surface area contributed by atoms with E-state index in [-0.39, 0.29) is 30.7 Å². The minimum atomic E-state index is -0.582. The van der Waals surface area contributed by atoms with E-state index in [0.29, 0.717) is 0 Å². The van der Waals surface area contributed by atoms with E-state index >= 15 is 0 Å². The highest BCUT2D eigenvalue weighted by molar-refractivity contribution is 5.86. The van der Waals surface area contributed by atoms with Gasteiger partial charge in [0, 0.05) is 38.6 Å². The average Bonchev–Trinajstić information content (AvgIpc) is 2.73. The molecular weight excluding hydrogens is 419 g/mol. The molecule has 0 aromatic heterocycles. The minimum Gasteiger partial charge on any atom is -0.497 e. The van der Waals surface area contributed by atoms with E-state index in [9.17, 15) is 5.11 Å². The summed E-state index contributed by atoms with van der Waals surface area (Å²) in [6.45, 7) is 5.36. The first-order valence-corrected chi connectivity index (χ1v) is 10.8. The molecule has 6 heteroatoms. The Labute approximate surface area is 193 Å². The first-order chi connectivity index (χ1) is 13.6. The lowest BCUT2D eigenvalue weighted by atomic mass is 9.72. The van der Waals surface area contributed by atoms with Crippen LogP contribution in [-0.4, -0.2) is 67.4 Å². The van der Waals surface area contributed by atoms with Gasteiger partial charge in [-0.15, -0.1) is 24.8 Å². The summed E-state index contributed by atoms with van der Waals surface area (Å²) < 4.78 is 5.37. The Kier molecular flexibility index (Phi) is 9.26. The molecule has 0 spiro atoms. The zero-order valence-corrected chi connectivity index (χ0v) is 19.8. The summed E-state index contributed by atoms with van der Waals surface area (Å²) in [7, 11) is 3.90. The summed E-state index contributed by atoms with van der Waals surface area (Å²) in [5, 5.41) is 14.1. The first-order valence-electron chi connectivity index (χ1n) is 10.8. The zero-order valence-electron chi connectivity index (χ0n) is 18.2. The third-order valence-corrected chi connectivity index (χ3v) is 6.88. The number of hydrogen-bond acceptors (Lipinski definition) is 4. The summed E-state index contributed by atoms with van der Waals surface area (Å²) in [6, 6.07) is 13.0. The molecule has 2 fully saturated rings. The van der Waals surface area contributed by atoms with Crippen LogP contribution in [0.25, 0.3) is 10.8 Å². The summed E-state index contributed by atoms with van der Waals surface area (Å²) in [5.41, 5.74) is 0.697. The molecule has 2 aromatic carbocycles. The highest BCUT2D eigenvalue weighted by atomic mass is 35.5. The van der Waals surface area contributed by atoms with Crippen molar-refractivity contribution in [3.05, 3.63) is 42.0 Å². The van der Waals surface area contributed by atoms with Crippen molar-refractivity contribution in [3.8, 4) is 5.75 Å². The number of methoxy groups -OCH3 is 1. The molecule has 168 valence electrons. The van der Waals surface area contributed by atoms with Gasteiger partial charge in [0.2, 0.25) is 0 Å². The van der Waals surface area contributed by atoms with Gasteiger partial charge in [0.1, 0.15) is 5.75 Å². The largest absolute Gasteiger partial charge is 0.497 e. The van der Waals surface area contributed by atoms with Gasteiger partial charge in [-0.25, -0.2) is 0 Å². The number of aliphatic hydroxyl groups is 1. The molecule has 1 aliphatic heterocycles. The molecule has 2 aliphatic rings. The second-order valence-electron chi connectivity index (χ2n) is 8.79. The standard InChI is InChI=1S/C24H34N2O2.2ClH/c1-25-12-14-26(15-13-25)18-23(24(27)10-4-3-5-11-24)21-7-6-20-17-22(28-2)9-8-19(20)16-21;;/h6-9,16-17,23,27H,3-5,10-15,18H2,1-2H3;2*1H. The number of halogens is 2. The normalized spacial score (nSPS) is 20.8. The Morgan fingerprint density at radius 2 is 1.57 bits per heavy atom. The van der Waals surface area contributed by atoms with Crippen LogP contribution in [0.2, 0.25) is 0 Å². The first kappa shape index (κ1) is 25.2. The molecule has 30 heavy (non-hydrogen) atoms. The quantitative estimate of drug-likeness (QED) is 0.708. The number of likely N-dealkylation sites (N-methyl/N-ethyl adjacent to an activating group) is 1. The van der Waals surface area contributed by atoms with Gasteiger partial charge in [0.25, 0.3) is 0 Å². The SMILES string of the molecule is COc1ccc2cc(C(CN3CCN(C)CC3)C3(O)CCCCC3)ccc2c1.Cl.Cl. The molecular formula is C24H36Cl2N2O2. The summed E-state index contributed by atoms with van der Waals surface area (Å²) in [6.07, 6.45) is 5.38. The van der Waals surface area contributed by atoms with E-state index in [1.54, 1.807) is 7.11 Å². The van der Waals surface area contributed by atoms with Crippen molar-refractivity contribution in [2.45, 2.75) is 43.6 Å². The van der Waals surface area contributed by atoms with Crippen LogP contribution in [-0.2, 0) is 0 Å². The van der Waals surface area contributed by atoms with Crippen LogP contribution in [0.1, 0.15) is 43.6 Å². The maximum atomic E-state index is 11.7. The molecule has 4 rings (SSSR count). The second-order valence-corrected chi connectivity index (χ2v) is 8.79. The van der Waals surface area contributed by atoms with Crippen LogP contribution < -0.4 is 4.74 Å². The Bertz CT molecular complexity index is 803. The third-order valence-electron chi connectivity index (χ3n) is 6.88. The molecule has 1 aliphatic carbocycles. The highest BCUT2D eigenvalue weighted by Gasteiger charge is 2.39. The number of ether oxygens (including phenoxy) is 1. The van der Waals surface area contributed by atoms with Crippen molar-refractivity contribution >= 4 is 35.6 Å². The molecule has 4 nitrogen and oxygen atoms in total. The number of hydrogen-bond donors (Lipinski definition) is 1. The fraction of sp³-hybridized carbons (Fsp3) is 0.583. The molecule has 1 saturated carbocycles. The van der Waals surface area contributed by atoms with Gasteiger partial charge in [0.05, 0.1) is 12.7 Å². The van der Waals surface area contributed by atoms with Crippen molar-refractivity contribution in [1.29, 1.82) is 0 Å². The monoisotopic (exact) mass is 454 g/mol. The van der Waals surface area contributed by atoms with Crippen molar-refractivity contribution in [2.24, 2.45) is 0 Å². The average molecular weight is 455 g/mol. The molecule has 0 radical (unpaired) electrons. The zero-order chi connectivity index (χ0) is 19.6. The van der Waals surface area contributed by atoms with Crippen molar-refractivity contribution in [3.63, 3.8) is 0 Å². The van der Waals surface area contributed by atoms with Crippen LogP contribution in [0, 0.1) is 0 Å². The molecule has 1 atom stereocenters. The fourth-order valence-corrected chi connectivity index (χ4v) is 4.97. The smallest absolute Gasteiger partial charge is 0.119 e. The lowest BCUT2D eigenvalue weighted by Crippen LogP contribution is -2.50. The number of benzene rings is 2. The van der Waals surface area contributed by atoms with Crippen LogP contribution in [0.15, 0.2) is 36.4 Å². The van der Waals surface area contributed by atoms with Crippen LogP contribution in [0.3, 0.4) is 0 Å². The molecule has 2 aromatic rings. The number of nitrogens with zero attached hydrogens (tertiary/aromatic N) is 2. The third kappa shape index (κ3) is 5.60. The van der Waals surface area contributed by atoms with Crippen LogP contribution in [0.4, 0.5) is 0 Å². The van der Waals surface area contributed by atoms with E-state index < -0.39 is 5.60 Å². The molecule has 1 heterocycles. The Balaban J connectivity index is 0.00000160. The molecule has 1 saturated heterocycles. The Morgan fingerprint density at radius 1 is 0.933 bits per heavy atom. The maximum Gasteiger partial charge on any atom is 0.119 e. The predicted octanol–water partition coefficient (Wildman–Crippen LogP) is 4.72. The topological polar surface area (TPSA) is 35.9 Å². The van der Waals surface area contributed by atoms with Crippen LogP contribution >= 0.6 is 24.8 Å². The van der Waals surface area contributed by atoms with E-state index in [2.05, 4.69) is 47.2 Å². The summed E-state index contributed by atoms with van der Waals surface area (Å²) in [4.78, 5) is 4.94. The lowest BCUT2D eigenvalue weighted by Gasteiger charge is -2.43. The summed E-state index contributed by atoms with van der Waals surface area (Å²) in [5.74, 6) is 1.06. The Morgan fingerprint density at radius 3 is 2.23 bits per heavy atom. The van der Waals surface area contributed by atoms with Gasteiger partial charge in [-0.05, 0) is 48.4 Å². The van der Waals surface area contributed by atoms with E-state index in [1.807, 2.05) is 6.07 Å². The molecule has 1 unspecified atom stereocenters. The fourth-order valence-electron chi connectivity index (χ4n) is 4.97. The van der Waals surface area contributed by atoms with E-state index in [4.69, 9.17) is 4.74 Å². The Hall–Kier alpha value is -1.04. The summed E-state index contributed by atoms with van der Waals surface area (Å²) >= 11 is 0. The number of fused-ring (bicyclic) bond motifs is 1. The lowest BCUT2D eigenvalue weighted by molar-refractivity contribution is -0.0336. The van der Waals surface area contributed by atoms with Gasteiger partial charge in [-0.1, -0.05) is 43.5 Å². The van der Waals surface area contributed by atoms with Gasteiger partial charge in [0.15, 0.2) is 0 Å². The van der Waals surface area contributed by atoms with E-state index in [1.165, 1.54) is 22.8 Å². The van der Waals surface area contributed by atoms with Gasteiger partial charge < -0.3 is 19.6 Å². The van der Waals surface area contributed by atoms with Crippen molar-refractivity contribution in [2.75, 3.05) is 46.9 Å². The van der Waals surface area contributed by atoms with Crippen LogP contribution in [0.5, 0.6) is 5.75 Å². The van der Waals surface area contributed by atoms with Gasteiger partial charge in [-0.2, -0.15) is 0 Å². The molecule has 0 amide bonds. The molecule has 0 bridgehead atoms. The highest BCUT2D eigenvalue weighted by Crippen LogP contribution is 2.41. The second kappa shape index (κ2) is 11.0.